The molecule has 0 N–H and O–H groups in total. The van der Waals surface area contributed by atoms with E-state index in [1.54, 1.807) is 4.90 Å². The molecule has 2 atom stereocenters. The lowest BCUT2D eigenvalue weighted by Crippen LogP contribution is -2.53. The smallest absolute Gasteiger partial charge is 0.253 e. The van der Waals surface area contributed by atoms with Crippen LogP contribution in [0, 0.1) is 17.7 Å². The summed E-state index contributed by atoms with van der Waals surface area (Å²) in [6.07, 6.45) is 8.88. The first kappa shape index (κ1) is 18.5. The molecule has 1 aliphatic carbocycles. The van der Waals surface area contributed by atoms with E-state index in [4.69, 9.17) is 0 Å². The van der Waals surface area contributed by atoms with Crippen molar-refractivity contribution in [1.82, 2.24) is 9.80 Å². The van der Waals surface area contributed by atoms with E-state index in [0.717, 1.165) is 32.2 Å². The van der Waals surface area contributed by atoms with Gasteiger partial charge in [-0.1, -0.05) is 12.8 Å². The lowest BCUT2D eigenvalue weighted by molar-refractivity contribution is -0.143. The number of carbonyl (C=O) groups excluding carboxylic acids is 2. The van der Waals surface area contributed by atoms with Crippen molar-refractivity contribution in [2.75, 3.05) is 19.6 Å². The first-order chi connectivity index (χ1) is 13.1. The van der Waals surface area contributed by atoms with E-state index >= 15 is 0 Å². The van der Waals surface area contributed by atoms with E-state index in [-0.39, 0.29) is 17.6 Å². The van der Waals surface area contributed by atoms with Crippen LogP contribution in [0.2, 0.25) is 0 Å². The Kier molecular flexibility index (Phi) is 5.46. The molecule has 1 aromatic rings. The number of amides is 2. The monoisotopic (exact) mass is 372 g/mol. The van der Waals surface area contributed by atoms with E-state index < -0.39 is 0 Å². The minimum Gasteiger partial charge on any atom is -0.339 e. The minimum atomic E-state index is -0.335. The van der Waals surface area contributed by atoms with Crippen LogP contribution in [0.5, 0.6) is 0 Å². The van der Waals surface area contributed by atoms with E-state index in [9.17, 15) is 14.0 Å². The summed E-state index contributed by atoms with van der Waals surface area (Å²) >= 11 is 0. The summed E-state index contributed by atoms with van der Waals surface area (Å²) in [5, 5.41) is 0. The average Bonchev–Trinajstić information content (AvgIpc) is 2.73. The predicted molar refractivity (Wildman–Crippen MR) is 102 cm³/mol. The highest BCUT2D eigenvalue weighted by Crippen LogP contribution is 2.36. The fourth-order valence-corrected chi connectivity index (χ4v) is 5.24. The molecule has 0 radical (unpaired) electrons. The van der Waals surface area contributed by atoms with E-state index in [1.165, 1.54) is 49.9 Å². The average molecular weight is 372 g/mol. The molecule has 4 rings (SSSR count). The van der Waals surface area contributed by atoms with Crippen LogP contribution in [0.4, 0.5) is 4.39 Å². The zero-order chi connectivity index (χ0) is 18.8. The topological polar surface area (TPSA) is 40.6 Å². The molecule has 1 aromatic carbocycles. The maximum absolute atomic E-state index is 13.2. The van der Waals surface area contributed by atoms with E-state index in [1.807, 2.05) is 0 Å². The van der Waals surface area contributed by atoms with Crippen molar-refractivity contribution >= 4 is 11.8 Å². The van der Waals surface area contributed by atoms with Gasteiger partial charge in [0.05, 0.1) is 0 Å². The number of hydrogen-bond acceptors (Lipinski definition) is 2. The van der Waals surface area contributed by atoms with Crippen LogP contribution in [0.1, 0.15) is 61.7 Å². The molecule has 4 nitrogen and oxygen atoms in total. The lowest BCUT2D eigenvalue weighted by Gasteiger charge is -2.46. The van der Waals surface area contributed by atoms with Gasteiger partial charge in [-0.05, 0) is 68.7 Å². The highest BCUT2D eigenvalue weighted by Gasteiger charge is 2.39. The van der Waals surface area contributed by atoms with Gasteiger partial charge in [0, 0.05) is 37.2 Å². The van der Waals surface area contributed by atoms with Gasteiger partial charge in [-0.2, -0.15) is 0 Å². The van der Waals surface area contributed by atoms with Gasteiger partial charge in [-0.3, -0.25) is 9.59 Å². The molecule has 0 unspecified atom stereocenters. The van der Waals surface area contributed by atoms with Gasteiger partial charge < -0.3 is 9.80 Å². The number of hydrogen-bond donors (Lipinski definition) is 0. The summed E-state index contributed by atoms with van der Waals surface area (Å²) in [6, 6.07) is 6.16. The third-order valence-electron chi connectivity index (χ3n) is 6.75. The molecular formula is C22H29FN2O2. The summed E-state index contributed by atoms with van der Waals surface area (Å²) in [5.41, 5.74) is 0.516. The van der Waals surface area contributed by atoms with Crippen LogP contribution in [-0.2, 0) is 4.79 Å². The second-order valence-corrected chi connectivity index (χ2v) is 8.36. The Morgan fingerprint density at radius 1 is 0.852 bits per heavy atom. The number of carbonyl (C=O) groups is 2. The molecule has 0 aromatic heterocycles. The Hall–Kier alpha value is -1.91. The van der Waals surface area contributed by atoms with Crippen molar-refractivity contribution in [3.05, 3.63) is 35.6 Å². The standard InChI is InChI=1S/C22H29FN2O2/c23-19-9-7-17(8-10-19)21(26)24-14-11-18(12-15-24)22(27)25-13-3-5-16-4-1-2-6-20(16)25/h7-10,16,18,20H,1-6,11-15H2/t16-,20-/m1/s1. The Bertz CT molecular complexity index is 680. The fourth-order valence-electron chi connectivity index (χ4n) is 5.24. The van der Waals surface area contributed by atoms with Gasteiger partial charge in [0.15, 0.2) is 0 Å². The van der Waals surface area contributed by atoms with Crippen molar-refractivity contribution in [2.24, 2.45) is 11.8 Å². The van der Waals surface area contributed by atoms with Crippen LogP contribution in [0.15, 0.2) is 24.3 Å². The number of likely N-dealkylation sites (tertiary alicyclic amines) is 2. The first-order valence-corrected chi connectivity index (χ1v) is 10.5. The molecular weight excluding hydrogens is 343 g/mol. The van der Waals surface area contributed by atoms with Crippen LogP contribution in [0.25, 0.3) is 0 Å². The second kappa shape index (κ2) is 7.99. The molecule has 0 spiro atoms. The number of halogens is 1. The molecule has 1 saturated carbocycles. The summed E-state index contributed by atoms with van der Waals surface area (Å²) < 4.78 is 13.1. The first-order valence-electron chi connectivity index (χ1n) is 10.5. The van der Waals surface area contributed by atoms with E-state index in [0.29, 0.717) is 36.5 Å². The van der Waals surface area contributed by atoms with Gasteiger partial charge in [-0.25, -0.2) is 4.39 Å². The molecule has 3 aliphatic rings. The molecule has 2 amide bonds. The Labute approximate surface area is 160 Å². The summed E-state index contributed by atoms with van der Waals surface area (Å²) in [7, 11) is 0. The van der Waals surface area contributed by atoms with Crippen molar-refractivity contribution in [1.29, 1.82) is 0 Å². The Balaban J connectivity index is 1.35. The van der Waals surface area contributed by atoms with Gasteiger partial charge in [0.2, 0.25) is 5.91 Å². The zero-order valence-electron chi connectivity index (χ0n) is 15.9. The van der Waals surface area contributed by atoms with Crippen molar-refractivity contribution in [2.45, 2.75) is 57.4 Å². The largest absolute Gasteiger partial charge is 0.339 e. The molecule has 3 fully saturated rings. The quantitative estimate of drug-likeness (QED) is 0.791. The number of fused-ring (bicyclic) bond motifs is 1. The maximum atomic E-state index is 13.2. The third kappa shape index (κ3) is 3.87. The summed E-state index contributed by atoms with van der Waals surface area (Å²) in [6.45, 7) is 2.12. The number of benzene rings is 1. The normalized spacial score (nSPS) is 26.6. The van der Waals surface area contributed by atoms with Gasteiger partial charge >= 0.3 is 0 Å². The SMILES string of the molecule is O=C(c1ccc(F)cc1)N1CCC(C(=O)N2CCC[C@H]3CCCC[C@H]32)CC1. The van der Waals surface area contributed by atoms with Gasteiger partial charge in [0.25, 0.3) is 5.91 Å². The molecule has 2 heterocycles. The maximum Gasteiger partial charge on any atom is 0.253 e. The van der Waals surface area contributed by atoms with Crippen LogP contribution < -0.4 is 0 Å². The number of piperidine rings is 2. The van der Waals surface area contributed by atoms with Gasteiger partial charge in [0.1, 0.15) is 5.82 Å². The second-order valence-electron chi connectivity index (χ2n) is 8.36. The Morgan fingerprint density at radius 3 is 2.26 bits per heavy atom. The van der Waals surface area contributed by atoms with E-state index in [2.05, 4.69) is 4.90 Å². The fraction of sp³-hybridized carbons (Fsp3) is 0.636. The zero-order valence-corrected chi connectivity index (χ0v) is 15.9. The predicted octanol–water partition coefficient (Wildman–Crippen LogP) is 3.86. The minimum absolute atomic E-state index is 0.0444. The van der Waals surface area contributed by atoms with Crippen LogP contribution in [0.3, 0.4) is 0 Å². The molecule has 2 aliphatic heterocycles. The molecule has 2 saturated heterocycles. The van der Waals surface area contributed by atoms with Crippen LogP contribution >= 0.6 is 0 Å². The third-order valence-corrected chi connectivity index (χ3v) is 6.75. The molecule has 5 heteroatoms. The van der Waals surface area contributed by atoms with Gasteiger partial charge in [-0.15, -0.1) is 0 Å². The Morgan fingerprint density at radius 2 is 1.52 bits per heavy atom. The number of nitrogens with zero attached hydrogens (tertiary/aromatic N) is 2. The van der Waals surface area contributed by atoms with Crippen molar-refractivity contribution in [3.8, 4) is 0 Å². The van der Waals surface area contributed by atoms with Crippen molar-refractivity contribution in [3.63, 3.8) is 0 Å². The molecule has 27 heavy (non-hydrogen) atoms. The highest BCUT2D eigenvalue weighted by molar-refractivity contribution is 5.94. The summed E-state index contributed by atoms with van der Waals surface area (Å²) in [5.74, 6) is 0.671. The summed E-state index contributed by atoms with van der Waals surface area (Å²) in [4.78, 5) is 29.8. The molecule has 0 bridgehead atoms. The highest BCUT2D eigenvalue weighted by atomic mass is 19.1. The molecule has 146 valence electrons. The number of rotatable bonds is 2. The lowest BCUT2D eigenvalue weighted by atomic mass is 9.77. The van der Waals surface area contributed by atoms with Crippen molar-refractivity contribution < 1.29 is 14.0 Å². The van der Waals surface area contributed by atoms with Crippen LogP contribution in [-0.4, -0.2) is 47.3 Å².